The predicted molar refractivity (Wildman–Crippen MR) is 104 cm³/mol. The number of hydrogen-bond donors (Lipinski definition) is 2. The number of anilines is 1. The molecule has 0 spiro atoms. The Kier molecular flexibility index (Phi) is 5.79. The first-order chi connectivity index (χ1) is 13.0. The highest BCUT2D eigenvalue weighted by Gasteiger charge is 2.27. The van der Waals surface area contributed by atoms with E-state index < -0.39 is 17.2 Å². The molecule has 2 aromatic rings. The van der Waals surface area contributed by atoms with Gasteiger partial charge in [0.25, 0.3) is 0 Å². The lowest BCUT2D eigenvalue weighted by Crippen LogP contribution is -2.29. The Hall–Kier alpha value is -2.41. The minimum atomic E-state index is -1.28. The molecule has 0 aliphatic heterocycles. The van der Waals surface area contributed by atoms with Crippen molar-refractivity contribution in [2.75, 3.05) is 31.5 Å². The highest BCUT2D eigenvalue weighted by molar-refractivity contribution is 5.93. The number of rotatable bonds is 9. The molecule has 0 unspecified atom stereocenters. The molecule has 1 saturated carbocycles. The van der Waals surface area contributed by atoms with Crippen LogP contribution in [0.25, 0.3) is 10.9 Å². The fourth-order valence-electron chi connectivity index (χ4n) is 3.41. The second kappa shape index (κ2) is 8.08. The standard InChI is InChI=1S/C20H26FN3O3/c1-3-8-23(4-2)9-7-22-17-11-18-14(10-16(17)21)19(25)15(20(26)27)12-24(18)13-5-6-13/h10-13,22H,3-9H2,1-2H3,(H,26,27). The summed E-state index contributed by atoms with van der Waals surface area (Å²) in [7, 11) is 0. The van der Waals surface area contributed by atoms with E-state index in [2.05, 4.69) is 24.1 Å². The summed E-state index contributed by atoms with van der Waals surface area (Å²) in [5, 5.41) is 12.5. The largest absolute Gasteiger partial charge is 0.477 e. The van der Waals surface area contributed by atoms with Crippen LogP contribution < -0.4 is 10.7 Å². The van der Waals surface area contributed by atoms with Gasteiger partial charge in [-0.15, -0.1) is 0 Å². The molecule has 2 N–H and O–H groups in total. The first kappa shape index (κ1) is 19.4. The van der Waals surface area contributed by atoms with Crippen LogP contribution in [-0.4, -0.2) is 46.7 Å². The maximum Gasteiger partial charge on any atom is 0.341 e. The van der Waals surface area contributed by atoms with Crippen molar-refractivity contribution < 1.29 is 14.3 Å². The number of nitrogens with one attached hydrogen (secondary N) is 1. The topological polar surface area (TPSA) is 74.6 Å². The average Bonchev–Trinajstić information content (AvgIpc) is 3.47. The van der Waals surface area contributed by atoms with Gasteiger partial charge in [0.15, 0.2) is 0 Å². The van der Waals surface area contributed by atoms with Gasteiger partial charge in [0.05, 0.1) is 11.2 Å². The molecule has 0 radical (unpaired) electrons. The summed E-state index contributed by atoms with van der Waals surface area (Å²) in [5.41, 5.74) is -0.0307. The van der Waals surface area contributed by atoms with Gasteiger partial charge in [0.2, 0.25) is 5.43 Å². The second-order valence-electron chi connectivity index (χ2n) is 7.03. The number of carboxylic acid groups (broad SMARTS) is 1. The van der Waals surface area contributed by atoms with Gasteiger partial charge in [0, 0.05) is 30.7 Å². The molecule has 7 heteroatoms. The molecule has 0 amide bonds. The Morgan fingerprint density at radius 2 is 2.07 bits per heavy atom. The van der Waals surface area contributed by atoms with Crippen LogP contribution in [0.2, 0.25) is 0 Å². The van der Waals surface area contributed by atoms with Crippen LogP contribution in [0.1, 0.15) is 49.5 Å². The predicted octanol–water partition coefficient (Wildman–Crippen LogP) is 3.32. The van der Waals surface area contributed by atoms with Gasteiger partial charge in [-0.2, -0.15) is 0 Å². The summed E-state index contributed by atoms with van der Waals surface area (Å²) >= 11 is 0. The third-order valence-corrected chi connectivity index (χ3v) is 5.02. The molecule has 146 valence electrons. The Balaban J connectivity index is 1.93. The van der Waals surface area contributed by atoms with Gasteiger partial charge in [-0.25, -0.2) is 9.18 Å². The average molecular weight is 375 g/mol. The maximum absolute atomic E-state index is 14.6. The number of carbonyl (C=O) groups is 1. The third-order valence-electron chi connectivity index (χ3n) is 5.02. The monoisotopic (exact) mass is 375 g/mol. The van der Waals surface area contributed by atoms with Gasteiger partial charge in [-0.3, -0.25) is 4.79 Å². The zero-order chi connectivity index (χ0) is 19.6. The van der Waals surface area contributed by atoms with E-state index in [0.29, 0.717) is 17.7 Å². The summed E-state index contributed by atoms with van der Waals surface area (Å²) in [4.78, 5) is 26.1. The van der Waals surface area contributed by atoms with Gasteiger partial charge in [-0.05, 0) is 44.5 Å². The molecule has 0 saturated heterocycles. The maximum atomic E-state index is 14.6. The Morgan fingerprint density at radius 3 is 2.67 bits per heavy atom. The number of nitrogens with zero attached hydrogens (tertiary/aromatic N) is 2. The lowest BCUT2D eigenvalue weighted by Gasteiger charge is -2.20. The molecule has 6 nitrogen and oxygen atoms in total. The van der Waals surface area contributed by atoms with Crippen LogP contribution in [0.15, 0.2) is 23.1 Å². The number of pyridine rings is 1. The molecular weight excluding hydrogens is 349 g/mol. The van der Waals surface area contributed by atoms with Crippen molar-refractivity contribution in [2.45, 2.75) is 39.2 Å². The van der Waals surface area contributed by atoms with Crippen molar-refractivity contribution in [3.63, 3.8) is 0 Å². The number of likely N-dealkylation sites (N-methyl/N-ethyl adjacent to an activating group) is 1. The molecule has 3 rings (SSSR count). The number of fused-ring (bicyclic) bond motifs is 1. The van der Waals surface area contributed by atoms with Crippen LogP contribution in [-0.2, 0) is 0 Å². The summed E-state index contributed by atoms with van der Waals surface area (Å²) in [6.45, 7) is 7.56. The molecule has 27 heavy (non-hydrogen) atoms. The van der Waals surface area contributed by atoms with Crippen molar-refractivity contribution in [1.29, 1.82) is 0 Å². The minimum absolute atomic E-state index is 0.117. The fourth-order valence-corrected chi connectivity index (χ4v) is 3.41. The van der Waals surface area contributed by atoms with Crippen LogP contribution in [0, 0.1) is 5.82 Å². The highest BCUT2D eigenvalue weighted by atomic mass is 19.1. The summed E-state index contributed by atoms with van der Waals surface area (Å²) in [5.74, 6) is -1.82. The summed E-state index contributed by atoms with van der Waals surface area (Å²) in [6.07, 6.45) is 4.32. The van der Waals surface area contributed by atoms with E-state index in [9.17, 15) is 19.1 Å². The van der Waals surface area contributed by atoms with E-state index >= 15 is 0 Å². The van der Waals surface area contributed by atoms with Gasteiger partial charge < -0.3 is 19.9 Å². The Labute approximate surface area is 157 Å². The lowest BCUT2D eigenvalue weighted by atomic mass is 10.1. The van der Waals surface area contributed by atoms with E-state index in [0.717, 1.165) is 45.0 Å². The van der Waals surface area contributed by atoms with E-state index in [1.807, 2.05) is 0 Å². The van der Waals surface area contributed by atoms with E-state index in [4.69, 9.17) is 0 Å². The molecular formula is C20H26FN3O3. The van der Waals surface area contributed by atoms with Gasteiger partial charge in [0.1, 0.15) is 11.4 Å². The van der Waals surface area contributed by atoms with Crippen molar-refractivity contribution in [3.8, 4) is 0 Å². The smallest absolute Gasteiger partial charge is 0.341 e. The molecule has 0 atom stereocenters. The molecule has 0 bridgehead atoms. The van der Waals surface area contributed by atoms with E-state index in [1.165, 1.54) is 6.20 Å². The summed E-state index contributed by atoms with van der Waals surface area (Å²) in [6, 6.07) is 2.96. The molecule has 1 aromatic carbocycles. The van der Waals surface area contributed by atoms with Crippen LogP contribution in [0.5, 0.6) is 0 Å². The van der Waals surface area contributed by atoms with Crippen molar-refractivity contribution >= 4 is 22.6 Å². The van der Waals surface area contributed by atoms with Gasteiger partial charge in [-0.1, -0.05) is 13.8 Å². The van der Waals surface area contributed by atoms with Crippen LogP contribution in [0.3, 0.4) is 0 Å². The first-order valence-corrected chi connectivity index (χ1v) is 9.54. The third kappa shape index (κ3) is 4.13. The quantitative estimate of drug-likeness (QED) is 0.703. The Bertz CT molecular complexity index is 905. The SMILES string of the molecule is CCCN(CC)CCNc1cc2c(cc1F)c(=O)c(C(=O)O)cn2C1CC1. The zero-order valence-electron chi connectivity index (χ0n) is 15.8. The normalized spacial score (nSPS) is 14.1. The highest BCUT2D eigenvalue weighted by Crippen LogP contribution is 2.37. The molecule has 1 aliphatic carbocycles. The number of halogens is 1. The number of benzene rings is 1. The van der Waals surface area contributed by atoms with E-state index in [1.54, 1.807) is 10.6 Å². The number of carboxylic acids is 1. The van der Waals surface area contributed by atoms with Crippen LogP contribution >= 0.6 is 0 Å². The zero-order valence-corrected chi connectivity index (χ0v) is 15.8. The van der Waals surface area contributed by atoms with Crippen LogP contribution in [0.4, 0.5) is 10.1 Å². The Morgan fingerprint density at radius 1 is 1.33 bits per heavy atom. The molecule has 1 aromatic heterocycles. The second-order valence-corrected chi connectivity index (χ2v) is 7.03. The molecule has 1 heterocycles. The molecule has 1 fully saturated rings. The lowest BCUT2D eigenvalue weighted by molar-refractivity contribution is 0.0695. The summed E-state index contributed by atoms with van der Waals surface area (Å²) < 4.78 is 16.4. The van der Waals surface area contributed by atoms with E-state index in [-0.39, 0.29) is 17.0 Å². The van der Waals surface area contributed by atoms with Crippen molar-refractivity contribution in [2.24, 2.45) is 0 Å². The number of aromatic carboxylic acids is 1. The number of aromatic nitrogens is 1. The minimum Gasteiger partial charge on any atom is -0.477 e. The fraction of sp³-hybridized carbons (Fsp3) is 0.500. The van der Waals surface area contributed by atoms with Crippen molar-refractivity contribution in [3.05, 3.63) is 39.9 Å². The van der Waals surface area contributed by atoms with Gasteiger partial charge >= 0.3 is 5.97 Å². The molecule has 1 aliphatic rings. The first-order valence-electron chi connectivity index (χ1n) is 9.54. The van der Waals surface area contributed by atoms with Crippen molar-refractivity contribution in [1.82, 2.24) is 9.47 Å². The number of hydrogen-bond acceptors (Lipinski definition) is 4.